The SMILES string of the molecule is C[C@@H](NCc1cnc(C(C)(C)C)s1)c1cccc(Cl)c1. The zero-order valence-electron chi connectivity index (χ0n) is 12.4. The molecule has 0 aliphatic rings. The molecule has 0 fully saturated rings. The Morgan fingerprint density at radius 2 is 2.10 bits per heavy atom. The molecule has 4 heteroatoms. The molecule has 0 radical (unpaired) electrons. The number of thiazole rings is 1. The van der Waals surface area contributed by atoms with Crippen LogP contribution in [-0.2, 0) is 12.0 Å². The molecule has 1 aromatic carbocycles. The van der Waals surface area contributed by atoms with Gasteiger partial charge in [0.1, 0.15) is 0 Å². The van der Waals surface area contributed by atoms with Gasteiger partial charge in [0, 0.05) is 34.1 Å². The molecule has 0 aliphatic carbocycles. The third-order valence-electron chi connectivity index (χ3n) is 3.13. The summed E-state index contributed by atoms with van der Waals surface area (Å²) in [7, 11) is 0. The van der Waals surface area contributed by atoms with Gasteiger partial charge in [-0.25, -0.2) is 4.98 Å². The van der Waals surface area contributed by atoms with Gasteiger partial charge in [0.05, 0.1) is 5.01 Å². The van der Waals surface area contributed by atoms with Gasteiger partial charge in [0.2, 0.25) is 0 Å². The van der Waals surface area contributed by atoms with Crippen LogP contribution in [0.1, 0.15) is 49.2 Å². The quantitative estimate of drug-likeness (QED) is 0.865. The lowest BCUT2D eigenvalue weighted by Crippen LogP contribution is -2.17. The summed E-state index contributed by atoms with van der Waals surface area (Å²) in [6, 6.07) is 8.26. The topological polar surface area (TPSA) is 24.9 Å². The number of nitrogens with one attached hydrogen (secondary N) is 1. The smallest absolute Gasteiger partial charge is 0.0981 e. The molecule has 0 saturated carbocycles. The fourth-order valence-corrected chi connectivity index (χ4v) is 3.00. The Morgan fingerprint density at radius 1 is 1.35 bits per heavy atom. The number of rotatable bonds is 4. The first-order chi connectivity index (χ1) is 9.36. The summed E-state index contributed by atoms with van der Waals surface area (Å²) >= 11 is 7.80. The highest BCUT2D eigenvalue weighted by Gasteiger charge is 2.18. The molecule has 0 bridgehead atoms. The first-order valence-electron chi connectivity index (χ1n) is 6.80. The van der Waals surface area contributed by atoms with Crippen molar-refractivity contribution in [3.05, 3.63) is 50.9 Å². The summed E-state index contributed by atoms with van der Waals surface area (Å²) in [5.74, 6) is 0. The second-order valence-corrected chi connectivity index (χ2v) is 7.59. The van der Waals surface area contributed by atoms with Crippen molar-refractivity contribution < 1.29 is 0 Å². The molecule has 0 saturated heterocycles. The molecule has 1 heterocycles. The highest BCUT2D eigenvalue weighted by Crippen LogP contribution is 2.27. The summed E-state index contributed by atoms with van der Waals surface area (Å²) in [4.78, 5) is 5.78. The fraction of sp³-hybridized carbons (Fsp3) is 0.438. The maximum atomic E-state index is 6.02. The molecule has 2 aromatic rings. The van der Waals surface area contributed by atoms with Crippen LogP contribution in [0.3, 0.4) is 0 Å². The van der Waals surface area contributed by atoms with E-state index in [0.717, 1.165) is 11.6 Å². The molecule has 0 unspecified atom stereocenters. The molecule has 1 N–H and O–H groups in total. The summed E-state index contributed by atoms with van der Waals surface area (Å²) in [6.07, 6.45) is 1.98. The number of hydrogen-bond donors (Lipinski definition) is 1. The molecule has 0 amide bonds. The lowest BCUT2D eigenvalue weighted by atomic mass is 9.98. The van der Waals surface area contributed by atoms with Gasteiger partial charge in [-0.2, -0.15) is 0 Å². The Labute approximate surface area is 130 Å². The van der Waals surface area contributed by atoms with Crippen molar-refractivity contribution in [3.63, 3.8) is 0 Å². The minimum atomic E-state index is 0.126. The predicted molar refractivity (Wildman–Crippen MR) is 87.5 cm³/mol. The highest BCUT2D eigenvalue weighted by molar-refractivity contribution is 7.11. The van der Waals surface area contributed by atoms with Crippen LogP contribution in [-0.4, -0.2) is 4.98 Å². The first-order valence-corrected chi connectivity index (χ1v) is 8.00. The van der Waals surface area contributed by atoms with E-state index >= 15 is 0 Å². The van der Waals surface area contributed by atoms with E-state index in [1.807, 2.05) is 24.4 Å². The van der Waals surface area contributed by atoms with Gasteiger partial charge in [-0.3, -0.25) is 0 Å². The van der Waals surface area contributed by atoms with Crippen LogP contribution in [0.5, 0.6) is 0 Å². The van der Waals surface area contributed by atoms with E-state index in [0.29, 0.717) is 0 Å². The van der Waals surface area contributed by atoms with Crippen LogP contribution < -0.4 is 5.32 Å². The maximum Gasteiger partial charge on any atom is 0.0981 e. The highest BCUT2D eigenvalue weighted by atomic mass is 35.5. The first kappa shape index (κ1) is 15.5. The Morgan fingerprint density at radius 3 is 2.70 bits per heavy atom. The molecule has 2 rings (SSSR count). The van der Waals surface area contributed by atoms with Gasteiger partial charge in [0.15, 0.2) is 0 Å². The van der Waals surface area contributed by atoms with Gasteiger partial charge in [-0.15, -0.1) is 11.3 Å². The third-order valence-corrected chi connectivity index (χ3v) is 4.78. The average Bonchev–Trinajstić information content (AvgIpc) is 2.84. The van der Waals surface area contributed by atoms with Crippen LogP contribution in [0.15, 0.2) is 30.5 Å². The predicted octanol–water partition coefficient (Wildman–Crippen LogP) is 4.94. The van der Waals surface area contributed by atoms with Crippen LogP contribution in [0.2, 0.25) is 5.02 Å². The van der Waals surface area contributed by atoms with Crippen molar-refractivity contribution >= 4 is 22.9 Å². The number of benzene rings is 1. The fourth-order valence-electron chi connectivity index (χ4n) is 1.88. The normalized spacial score (nSPS) is 13.4. The lowest BCUT2D eigenvalue weighted by molar-refractivity contribution is 0.578. The molecule has 2 nitrogen and oxygen atoms in total. The molecule has 20 heavy (non-hydrogen) atoms. The number of nitrogens with zero attached hydrogens (tertiary/aromatic N) is 1. The van der Waals surface area contributed by atoms with Crippen molar-refractivity contribution in [2.24, 2.45) is 0 Å². The van der Waals surface area contributed by atoms with E-state index in [2.05, 4.69) is 44.1 Å². The minimum absolute atomic E-state index is 0.126. The average molecular weight is 309 g/mol. The molecule has 0 aliphatic heterocycles. The number of hydrogen-bond acceptors (Lipinski definition) is 3. The summed E-state index contributed by atoms with van der Waals surface area (Å²) in [5, 5.41) is 5.49. The minimum Gasteiger partial charge on any atom is -0.305 e. The van der Waals surface area contributed by atoms with Gasteiger partial charge in [-0.05, 0) is 24.6 Å². The van der Waals surface area contributed by atoms with Crippen LogP contribution in [0, 0.1) is 0 Å². The number of halogens is 1. The van der Waals surface area contributed by atoms with E-state index in [4.69, 9.17) is 11.6 Å². The van der Waals surface area contributed by atoms with Crippen molar-refractivity contribution in [2.75, 3.05) is 0 Å². The zero-order valence-corrected chi connectivity index (χ0v) is 14.0. The van der Waals surface area contributed by atoms with E-state index in [1.165, 1.54) is 15.4 Å². The van der Waals surface area contributed by atoms with Crippen LogP contribution in [0.4, 0.5) is 0 Å². The van der Waals surface area contributed by atoms with Crippen LogP contribution >= 0.6 is 22.9 Å². The Kier molecular flexibility index (Phi) is 4.84. The lowest BCUT2D eigenvalue weighted by Gasteiger charge is -2.14. The van der Waals surface area contributed by atoms with Gasteiger partial charge in [-0.1, -0.05) is 44.5 Å². The van der Waals surface area contributed by atoms with E-state index < -0.39 is 0 Å². The molecule has 1 aromatic heterocycles. The number of aromatic nitrogens is 1. The van der Waals surface area contributed by atoms with Crippen molar-refractivity contribution in [1.29, 1.82) is 0 Å². The molecular weight excluding hydrogens is 288 g/mol. The molecule has 108 valence electrons. The monoisotopic (exact) mass is 308 g/mol. The molecule has 0 spiro atoms. The van der Waals surface area contributed by atoms with Crippen molar-refractivity contribution in [1.82, 2.24) is 10.3 Å². The van der Waals surface area contributed by atoms with Gasteiger partial charge >= 0.3 is 0 Å². The Balaban J connectivity index is 1.97. The van der Waals surface area contributed by atoms with Gasteiger partial charge < -0.3 is 5.32 Å². The zero-order chi connectivity index (χ0) is 14.8. The van der Waals surface area contributed by atoms with E-state index in [1.54, 1.807) is 11.3 Å². The second-order valence-electron chi connectivity index (χ2n) is 6.04. The maximum absolute atomic E-state index is 6.02. The second kappa shape index (κ2) is 6.25. The molecular formula is C16H21ClN2S. The van der Waals surface area contributed by atoms with Crippen molar-refractivity contribution in [3.8, 4) is 0 Å². The van der Waals surface area contributed by atoms with E-state index in [-0.39, 0.29) is 11.5 Å². The summed E-state index contributed by atoms with van der Waals surface area (Å²) in [5.41, 5.74) is 1.33. The molecule has 1 atom stereocenters. The standard InChI is InChI=1S/C16H21ClN2S/c1-11(12-6-5-7-13(17)8-12)18-9-14-10-19-15(20-14)16(2,3)4/h5-8,10-11,18H,9H2,1-4H3/t11-/m1/s1. The van der Waals surface area contributed by atoms with Crippen molar-refractivity contribution in [2.45, 2.75) is 45.7 Å². The van der Waals surface area contributed by atoms with Crippen LogP contribution in [0.25, 0.3) is 0 Å². The summed E-state index contributed by atoms with van der Waals surface area (Å²) < 4.78 is 0. The summed E-state index contributed by atoms with van der Waals surface area (Å²) in [6.45, 7) is 9.56. The Bertz CT molecular complexity index is 572. The third kappa shape index (κ3) is 4.05. The van der Waals surface area contributed by atoms with Gasteiger partial charge in [0.25, 0.3) is 0 Å². The Hall–Kier alpha value is -0.900. The van der Waals surface area contributed by atoms with E-state index in [9.17, 15) is 0 Å². The largest absolute Gasteiger partial charge is 0.305 e.